The number of carbonyl (C=O) groups excluding carboxylic acids is 2. The zero-order valence-corrected chi connectivity index (χ0v) is 15.9. The van der Waals surface area contributed by atoms with Gasteiger partial charge in [0.05, 0.1) is 13.2 Å². The van der Waals surface area contributed by atoms with Crippen LogP contribution in [0.15, 0.2) is 18.3 Å². The van der Waals surface area contributed by atoms with E-state index in [1.165, 1.54) is 12.8 Å². The average Bonchev–Trinajstić information content (AvgIpc) is 3.11. The van der Waals surface area contributed by atoms with Crippen LogP contribution in [-0.2, 0) is 16.6 Å². The first-order valence-electron chi connectivity index (χ1n) is 9.63. The summed E-state index contributed by atoms with van der Waals surface area (Å²) in [6.07, 6.45) is 3.71. The van der Waals surface area contributed by atoms with Crippen molar-refractivity contribution in [1.29, 1.82) is 0 Å². The summed E-state index contributed by atoms with van der Waals surface area (Å²) in [7, 11) is 1.86. The molecule has 2 aliphatic heterocycles. The van der Waals surface area contributed by atoms with Crippen molar-refractivity contribution in [2.45, 2.75) is 25.9 Å². The van der Waals surface area contributed by atoms with Gasteiger partial charge in [0.2, 0.25) is 0 Å². The summed E-state index contributed by atoms with van der Waals surface area (Å²) in [5.41, 5.74) is 0.641. The molecule has 0 saturated carbocycles. The van der Waals surface area contributed by atoms with Crippen molar-refractivity contribution in [3.8, 4) is 0 Å². The number of hydrogen-bond donors (Lipinski definition) is 0. The first-order chi connectivity index (χ1) is 12.6. The van der Waals surface area contributed by atoms with E-state index in [4.69, 9.17) is 4.74 Å². The maximum atomic E-state index is 12.8. The highest BCUT2D eigenvalue weighted by molar-refractivity contribution is 5.93. The number of rotatable bonds is 5. The summed E-state index contributed by atoms with van der Waals surface area (Å²) in [5.74, 6) is -0.0208. The summed E-state index contributed by atoms with van der Waals surface area (Å²) >= 11 is 0. The van der Waals surface area contributed by atoms with E-state index < -0.39 is 6.10 Å². The molecule has 0 aliphatic carbocycles. The second-order valence-corrected chi connectivity index (χ2v) is 7.14. The van der Waals surface area contributed by atoms with Gasteiger partial charge in [-0.2, -0.15) is 0 Å². The number of carbonyl (C=O) groups is 2. The van der Waals surface area contributed by atoms with Crippen LogP contribution in [0.25, 0.3) is 0 Å². The molecule has 0 aromatic carbocycles. The van der Waals surface area contributed by atoms with Crippen LogP contribution < -0.4 is 0 Å². The highest BCUT2D eigenvalue weighted by atomic mass is 16.5. The number of amides is 2. The molecule has 144 valence electrons. The fraction of sp³-hybridized carbons (Fsp3) is 0.684. The van der Waals surface area contributed by atoms with Crippen molar-refractivity contribution < 1.29 is 14.3 Å². The lowest BCUT2D eigenvalue weighted by molar-refractivity contribution is -0.149. The summed E-state index contributed by atoms with van der Waals surface area (Å²) in [5, 5.41) is 0. The summed E-state index contributed by atoms with van der Waals surface area (Å²) in [6.45, 7) is 7.90. The lowest BCUT2D eigenvalue weighted by Gasteiger charge is -2.38. The standard InChI is InChI=1S/C19H30N4O3/c1-3-4-8-21-9-11-22(12-10-21)19(25)17-15-23(13-14-26-17)18(24)16-6-5-7-20(16)2/h5-7,17H,3-4,8-15H2,1-2H3/t17-/m0/s1. The Morgan fingerprint density at radius 1 is 1.15 bits per heavy atom. The Morgan fingerprint density at radius 3 is 2.58 bits per heavy atom. The molecule has 7 nitrogen and oxygen atoms in total. The third kappa shape index (κ3) is 4.27. The molecule has 0 N–H and O–H groups in total. The van der Waals surface area contributed by atoms with Gasteiger partial charge in [0.15, 0.2) is 6.10 Å². The van der Waals surface area contributed by atoms with E-state index >= 15 is 0 Å². The molecular formula is C19H30N4O3. The third-order valence-corrected chi connectivity index (χ3v) is 5.30. The molecule has 3 heterocycles. The van der Waals surface area contributed by atoms with Crippen LogP contribution in [0.1, 0.15) is 30.3 Å². The Balaban J connectivity index is 1.54. The fourth-order valence-electron chi connectivity index (χ4n) is 3.61. The number of morpholine rings is 1. The molecular weight excluding hydrogens is 332 g/mol. The van der Waals surface area contributed by atoms with Crippen molar-refractivity contribution in [1.82, 2.24) is 19.3 Å². The molecule has 3 rings (SSSR count). The number of piperazine rings is 1. The van der Waals surface area contributed by atoms with E-state index in [9.17, 15) is 9.59 Å². The Hall–Kier alpha value is -1.86. The number of aromatic nitrogens is 1. The van der Waals surface area contributed by atoms with Gasteiger partial charge in [-0.3, -0.25) is 14.5 Å². The molecule has 1 atom stereocenters. The van der Waals surface area contributed by atoms with Gasteiger partial charge in [-0.1, -0.05) is 13.3 Å². The summed E-state index contributed by atoms with van der Waals surface area (Å²) in [4.78, 5) is 31.6. The number of aryl methyl sites for hydroxylation is 1. The predicted molar refractivity (Wildman–Crippen MR) is 99.0 cm³/mol. The van der Waals surface area contributed by atoms with Gasteiger partial charge in [-0.15, -0.1) is 0 Å². The molecule has 1 aromatic heterocycles. The highest BCUT2D eigenvalue weighted by Gasteiger charge is 2.34. The first kappa shape index (κ1) is 18.9. The van der Waals surface area contributed by atoms with Crippen molar-refractivity contribution >= 4 is 11.8 Å². The van der Waals surface area contributed by atoms with Gasteiger partial charge < -0.3 is 19.1 Å². The van der Waals surface area contributed by atoms with Crippen LogP contribution >= 0.6 is 0 Å². The van der Waals surface area contributed by atoms with Crippen LogP contribution in [0.2, 0.25) is 0 Å². The number of nitrogens with zero attached hydrogens (tertiary/aromatic N) is 4. The molecule has 2 fully saturated rings. The molecule has 1 aromatic rings. The van der Waals surface area contributed by atoms with Crippen molar-refractivity contribution in [3.05, 3.63) is 24.0 Å². The summed E-state index contributed by atoms with van der Waals surface area (Å²) < 4.78 is 7.52. The monoisotopic (exact) mass is 362 g/mol. The van der Waals surface area contributed by atoms with Crippen LogP contribution in [0.4, 0.5) is 0 Å². The van der Waals surface area contributed by atoms with E-state index in [1.807, 2.05) is 34.8 Å². The minimum Gasteiger partial charge on any atom is -0.365 e. The van der Waals surface area contributed by atoms with Crippen LogP contribution in [0, 0.1) is 0 Å². The van der Waals surface area contributed by atoms with Crippen LogP contribution in [0.3, 0.4) is 0 Å². The molecule has 2 aliphatic rings. The molecule has 2 saturated heterocycles. The first-order valence-corrected chi connectivity index (χ1v) is 9.63. The second kappa shape index (κ2) is 8.68. The molecule has 0 spiro atoms. The zero-order valence-electron chi connectivity index (χ0n) is 15.9. The molecule has 0 bridgehead atoms. The molecule has 2 amide bonds. The van der Waals surface area contributed by atoms with E-state index in [-0.39, 0.29) is 11.8 Å². The summed E-state index contributed by atoms with van der Waals surface area (Å²) in [6, 6.07) is 3.67. The predicted octanol–water partition coefficient (Wildman–Crippen LogP) is 0.810. The van der Waals surface area contributed by atoms with Crippen LogP contribution in [0.5, 0.6) is 0 Å². The number of ether oxygens (including phenoxy) is 1. The minimum atomic E-state index is -0.546. The Bertz CT molecular complexity index is 622. The maximum absolute atomic E-state index is 12.8. The van der Waals surface area contributed by atoms with Gasteiger partial charge in [0, 0.05) is 46.0 Å². The average molecular weight is 362 g/mol. The third-order valence-electron chi connectivity index (χ3n) is 5.30. The lowest BCUT2D eigenvalue weighted by atomic mass is 10.2. The minimum absolute atomic E-state index is 0.0181. The number of hydrogen-bond acceptors (Lipinski definition) is 4. The van der Waals surface area contributed by atoms with Gasteiger partial charge in [-0.25, -0.2) is 0 Å². The Morgan fingerprint density at radius 2 is 1.92 bits per heavy atom. The van der Waals surface area contributed by atoms with Crippen LogP contribution in [-0.4, -0.2) is 89.6 Å². The van der Waals surface area contributed by atoms with Gasteiger partial charge >= 0.3 is 0 Å². The quantitative estimate of drug-likeness (QED) is 0.778. The van der Waals surface area contributed by atoms with E-state index in [0.717, 1.165) is 32.7 Å². The SMILES string of the molecule is CCCCN1CCN(C(=O)[C@@H]2CN(C(=O)c3cccn3C)CCO2)CC1. The smallest absolute Gasteiger partial charge is 0.270 e. The highest BCUT2D eigenvalue weighted by Crippen LogP contribution is 2.14. The van der Waals surface area contributed by atoms with Crippen molar-refractivity contribution in [2.24, 2.45) is 7.05 Å². The normalized spacial score (nSPS) is 21.8. The zero-order chi connectivity index (χ0) is 18.5. The molecule has 26 heavy (non-hydrogen) atoms. The van der Waals surface area contributed by atoms with E-state index in [0.29, 0.717) is 25.4 Å². The van der Waals surface area contributed by atoms with E-state index in [1.54, 1.807) is 4.90 Å². The van der Waals surface area contributed by atoms with Crippen molar-refractivity contribution in [2.75, 3.05) is 52.4 Å². The molecule has 7 heteroatoms. The molecule has 0 radical (unpaired) electrons. The lowest BCUT2D eigenvalue weighted by Crippen LogP contribution is -2.56. The Kier molecular flexibility index (Phi) is 6.32. The van der Waals surface area contributed by atoms with Gasteiger partial charge in [-0.05, 0) is 25.1 Å². The topological polar surface area (TPSA) is 58.0 Å². The van der Waals surface area contributed by atoms with Gasteiger partial charge in [0.25, 0.3) is 11.8 Å². The van der Waals surface area contributed by atoms with Crippen molar-refractivity contribution in [3.63, 3.8) is 0 Å². The fourth-order valence-corrected chi connectivity index (χ4v) is 3.61. The largest absolute Gasteiger partial charge is 0.365 e. The second-order valence-electron chi connectivity index (χ2n) is 7.14. The Labute approximate surface area is 155 Å². The maximum Gasteiger partial charge on any atom is 0.270 e. The number of unbranched alkanes of at least 4 members (excludes halogenated alkanes) is 1. The van der Waals surface area contributed by atoms with E-state index in [2.05, 4.69) is 11.8 Å². The molecule has 0 unspecified atom stereocenters. The van der Waals surface area contributed by atoms with Gasteiger partial charge in [0.1, 0.15) is 5.69 Å².